The minimum absolute atomic E-state index is 0.0321. The molecule has 1 aromatic carbocycles. The maximum atomic E-state index is 12.2. The molecule has 124 valence electrons. The highest BCUT2D eigenvalue weighted by atomic mass is 16.5. The van der Waals surface area contributed by atoms with Crippen LogP contribution in [0.25, 0.3) is 0 Å². The number of anilines is 1. The summed E-state index contributed by atoms with van der Waals surface area (Å²) in [7, 11) is 0. The van der Waals surface area contributed by atoms with Crippen LogP contribution in [0, 0.1) is 5.92 Å². The van der Waals surface area contributed by atoms with Crippen LogP contribution in [0.5, 0.6) is 0 Å². The van der Waals surface area contributed by atoms with E-state index < -0.39 is 0 Å². The second-order valence-corrected chi connectivity index (χ2v) is 5.53. The molecule has 0 radical (unpaired) electrons. The first kappa shape index (κ1) is 17.0. The molecular formula is C17H22N2O4. The summed E-state index contributed by atoms with van der Waals surface area (Å²) in [5.74, 6) is -0.841. The smallest absolute Gasteiger partial charge is 0.338 e. The zero-order valence-electron chi connectivity index (χ0n) is 13.5. The number of amides is 2. The first-order chi connectivity index (χ1) is 11.0. The summed E-state index contributed by atoms with van der Waals surface area (Å²) < 4.78 is 4.91. The van der Waals surface area contributed by atoms with Crippen molar-refractivity contribution in [2.24, 2.45) is 5.92 Å². The number of esters is 1. The van der Waals surface area contributed by atoms with Crippen LogP contribution in [0.2, 0.25) is 0 Å². The molecule has 1 unspecified atom stereocenters. The third-order valence-corrected chi connectivity index (χ3v) is 3.74. The van der Waals surface area contributed by atoms with Gasteiger partial charge in [-0.15, -0.1) is 0 Å². The molecule has 1 atom stereocenters. The first-order valence-electron chi connectivity index (χ1n) is 7.91. The summed E-state index contributed by atoms with van der Waals surface area (Å²) >= 11 is 0. The highest BCUT2D eigenvalue weighted by Gasteiger charge is 2.33. The molecule has 1 aliphatic rings. The van der Waals surface area contributed by atoms with Gasteiger partial charge in [-0.2, -0.15) is 0 Å². The SMILES string of the molecule is CCCN1CC(C(=O)Nc2ccc(C(=O)OCC)cc2)CC1=O. The van der Waals surface area contributed by atoms with Crippen LogP contribution in [0.1, 0.15) is 37.0 Å². The highest BCUT2D eigenvalue weighted by Crippen LogP contribution is 2.20. The fourth-order valence-electron chi connectivity index (χ4n) is 2.58. The maximum Gasteiger partial charge on any atom is 0.338 e. The Bertz CT molecular complexity index is 583. The fourth-order valence-corrected chi connectivity index (χ4v) is 2.58. The quantitative estimate of drug-likeness (QED) is 0.815. The van der Waals surface area contributed by atoms with E-state index in [2.05, 4.69) is 5.32 Å². The molecule has 2 rings (SSSR count). The van der Waals surface area contributed by atoms with Gasteiger partial charge < -0.3 is 15.0 Å². The number of hydrogen-bond acceptors (Lipinski definition) is 4. The predicted molar refractivity (Wildman–Crippen MR) is 86.0 cm³/mol. The van der Waals surface area contributed by atoms with Gasteiger partial charge in [0.25, 0.3) is 0 Å². The van der Waals surface area contributed by atoms with Gasteiger partial charge in [0.05, 0.1) is 18.1 Å². The van der Waals surface area contributed by atoms with Crippen molar-refractivity contribution < 1.29 is 19.1 Å². The number of nitrogens with zero attached hydrogens (tertiary/aromatic N) is 1. The lowest BCUT2D eigenvalue weighted by Crippen LogP contribution is -2.28. The molecule has 6 nitrogen and oxygen atoms in total. The van der Waals surface area contributed by atoms with Crippen LogP contribution in [0.3, 0.4) is 0 Å². The van der Waals surface area contributed by atoms with Gasteiger partial charge >= 0.3 is 5.97 Å². The van der Waals surface area contributed by atoms with Crippen molar-refractivity contribution in [1.82, 2.24) is 4.90 Å². The second kappa shape index (κ2) is 7.76. The predicted octanol–water partition coefficient (Wildman–Crippen LogP) is 2.06. The summed E-state index contributed by atoms with van der Waals surface area (Å²) in [6.45, 7) is 5.24. The van der Waals surface area contributed by atoms with E-state index in [0.717, 1.165) is 6.42 Å². The van der Waals surface area contributed by atoms with E-state index in [1.165, 1.54) is 0 Å². The van der Waals surface area contributed by atoms with Crippen LogP contribution in [0.15, 0.2) is 24.3 Å². The molecule has 0 bridgehead atoms. The normalized spacial score (nSPS) is 17.2. The van der Waals surface area contributed by atoms with Gasteiger partial charge in [0.15, 0.2) is 0 Å². The van der Waals surface area contributed by atoms with Crippen LogP contribution in [0.4, 0.5) is 5.69 Å². The van der Waals surface area contributed by atoms with E-state index in [1.54, 1.807) is 36.1 Å². The molecule has 1 N–H and O–H groups in total. The molecular weight excluding hydrogens is 296 g/mol. The summed E-state index contributed by atoms with van der Waals surface area (Å²) in [6.07, 6.45) is 1.14. The van der Waals surface area contributed by atoms with Crippen LogP contribution < -0.4 is 5.32 Å². The van der Waals surface area contributed by atoms with E-state index in [-0.39, 0.29) is 30.1 Å². The Hall–Kier alpha value is -2.37. The zero-order chi connectivity index (χ0) is 16.8. The molecule has 23 heavy (non-hydrogen) atoms. The molecule has 0 aromatic heterocycles. The van der Waals surface area contributed by atoms with Gasteiger partial charge in [-0.25, -0.2) is 4.79 Å². The second-order valence-electron chi connectivity index (χ2n) is 5.53. The van der Waals surface area contributed by atoms with Crippen molar-refractivity contribution >= 4 is 23.5 Å². The van der Waals surface area contributed by atoms with Crippen LogP contribution >= 0.6 is 0 Å². The monoisotopic (exact) mass is 318 g/mol. The van der Waals surface area contributed by atoms with Crippen molar-refractivity contribution in [3.05, 3.63) is 29.8 Å². The average Bonchev–Trinajstić information content (AvgIpc) is 2.90. The highest BCUT2D eigenvalue weighted by molar-refractivity contribution is 5.97. The minimum atomic E-state index is -0.387. The van der Waals surface area contributed by atoms with Gasteiger partial charge in [-0.1, -0.05) is 6.92 Å². The lowest BCUT2D eigenvalue weighted by Gasteiger charge is -2.15. The molecule has 1 aliphatic heterocycles. The Morgan fingerprint density at radius 2 is 1.96 bits per heavy atom. The van der Waals surface area contributed by atoms with Crippen molar-refractivity contribution in [2.45, 2.75) is 26.7 Å². The molecule has 2 amide bonds. The molecule has 1 heterocycles. The van der Waals surface area contributed by atoms with Crippen molar-refractivity contribution in [3.63, 3.8) is 0 Å². The number of carbonyl (C=O) groups is 3. The van der Waals surface area contributed by atoms with E-state index in [0.29, 0.717) is 30.9 Å². The molecule has 1 fully saturated rings. The Balaban J connectivity index is 1.93. The standard InChI is InChI=1S/C17H22N2O4/c1-3-9-19-11-13(10-15(19)20)16(21)18-14-7-5-12(6-8-14)17(22)23-4-2/h5-8,13H,3-4,9-11H2,1-2H3,(H,18,21). The lowest BCUT2D eigenvalue weighted by molar-refractivity contribution is -0.128. The molecule has 1 aromatic rings. The van der Waals surface area contributed by atoms with E-state index in [9.17, 15) is 14.4 Å². The van der Waals surface area contributed by atoms with Gasteiger partial charge in [-0.3, -0.25) is 9.59 Å². The Morgan fingerprint density at radius 1 is 1.26 bits per heavy atom. The topological polar surface area (TPSA) is 75.7 Å². The molecule has 1 saturated heterocycles. The van der Waals surface area contributed by atoms with Crippen molar-refractivity contribution in [3.8, 4) is 0 Å². The summed E-state index contributed by atoms with van der Waals surface area (Å²) in [5.41, 5.74) is 1.04. The van der Waals surface area contributed by atoms with Crippen LogP contribution in [-0.4, -0.2) is 42.4 Å². The fraction of sp³-hybridized carbons (Fsp3) is 0.471. The van der Waals surface area contributed by atoms with Gasteiger partial charge in [0.2, 0.25) is 11.8 Å². The molecule has 6 heteroatoms. The van der Waals surface area contributed by atoms with Gasteiger partial charge in [0.1, 0.15) is 0 Å². The zero-order valence-corrected chi connectivity index (χ0v) is 13.5. The average molecular weight is 318 g/mol. The Morgan fingerprint density at radius 3 is 2.57 bits per heavy atom. The van der Waals surface area contributed by atoms with Gasteiger partial charge in [-0.05, 0) is 37.6 Å². The third kappa shape index (κ3) is 4.31. The number of rotatable bonds is 6. The molecule has 0 aliphatic carbocycles. The summed E-state index contributed by atoms with van der Waals surface area (Å²) in [4.78, 5) is 37.4. The lowest BCUT2D eigenvalue weighted by atomic mass is 10.1. The Labute approximate surface area is 135 Å². The van der Waals surface area contributed by atoms with Crippen molar-refractivity contribution in [1.29, 1.82) is 0 Å². The molecule has 0 spiro atoms. The minimum Gasteiger partial charge on any atom is -0.462 e. The van der Waals surface area contributed by atoms with E-state index >= 15 is 0 Å². The number of carbonyl (C=O) groups excluding carboxylic acids is 3. The first-order valence-corrected chi connectivity index (χ1v) is 7.91. The number of hydrogen-bond donors (Lipinski definition) is 1. The van der Waals surface area contributed by atoms with Crippen LogP contribution in [-0.2, 0) is 14.3 Å². The summed E-state index contributed by atoms with van der Waals surface area (Å²) in [5, 5.41) is 2.80. The largest absolute Gasteiger partial charge is 0.462 e. The number of ether oxygens (including phenoxy) is 1. The number of likely N-dealkylation sites (tertiary alicyclic amines) is 1. The number of benzene rings is 1. The Kier molecular flexibility index (Phi) is 5.73. The van der Waals surface area contributed by atoms with E-state index in [4.69, 9.17) is 4.74 Å². The third-order valence-electron chi connectivity index (χ3n) is 3.74. The van der Waals surface area contributed by atoms with Gasteiger partial charge in [0, 0.05) is 25.2 Å². The molecule has 0 saturated carbocycles. The number of nitrogens with one attached hydrogen (secondary N) is 1. The van der Waals surface area contributed by atoms with E-state index in [1.807, 2.05) is 6.92 Å². The van der Waals surface area contributed by atoms with Crippen molar-refractivity contribution in [2.75, 3.05) is 25.0 Å². The summed E-state index contributed by atoms with van der Waals surface area (Å²) in [6, 6.07) is 6.53. The maximum absolute atomic E-state index is 12.2.